The third kappa shape index (κ3) is 3.01. The Morgan fingerprint density at radius 2 is 2.10 bits per heavy atom. The van der Waals surface area contributed by atoms with Crippen molar-refractivity contribution in [3.05, 3.63) is 23.3 Å². The van der Waals surface area contributed by atoms with Crippen LogP contribution >= 0.6 is 0 Å². The Bertz CT molecular complexity index is 451. The van der Waals surface area contributed by atoms with E-state index in [4.69, 9.17) is 15.5 Å². The van der Waals surface area contributed by atoms with E-state index in [1.807, 2.05) is 27.0 Å². The normalized spacial score (nSPS) is 28.4. The SMILES string of the molecule is CCOC1(c2ncc([C@H](C)N)c(C)n2)CCC(C)CC1. The van der Waals surface area contributed by atoms with E-state index >= 15 is 0 Å². The molecule has 2 N–H and O–H groups in total. The molecular weight excluding hydrogens is 250 g/mol. The average Bonchev–Trinajstić information content (AvgIpc) is 2.41. The van der Waals surface area contributed by atoms with Gasteiger partial charge in [0.25, 0.3) is 0 Å². The molecule has 0 radical (unpaired) electrons. The summed E-state index contributed by atoms with van der Waals surface area (Å²) in [5, 5.41) is 0. The summed E-state index contributed by atoms with van der Waals surface area (Å²) in [6.07, 6.45) is 6.26. The maximum absolute atomic E-state index is 6.10. The number of rotatable bonds is 4. The van der Waals surface area contributed by atoms with E-state index in [-0.39, 0.29) is 11.6 Å². The van der Waals surface area contributed by atoms with Gasteiger partial charge in [0.15, 0.2) is 5.82 Å². The molecule has 4 nitrogen and oxygen atoms in total. The Morgan fingerprint density at radius 1 is 1.45 bits per heavy atom. The Balaban J connectivity index is 2.32. The van der Waals surface area contributed by atoms with Gasteiger partial charge < -0.3 is 10.5 Å². The van der Waals surface area contributed by atoms with Crippen LogP contribution in [0, 0.1) is 12.8 Å². The maximum atomic E-state index is 6.10. The first-order valence-electron chi connectivity index (χ1n) is 7.72. The van der Waals surface area contributed by atoms with Gasteiger partial charge in [-0.05, 0) is 52.4 Å². The summed E-state index contributed by atoms with van der Waals surface area (Å²) in [4.78, 5) is 9.30. The molecule has 112 valence electrons. The molecule has 0 spiro atoms. The zero-order chi connectivity index (χ0) is 14.8. The van der Waals surface area contributed by atoms with Crippen molar-refractivity contribution >= 4 is 0 Å². The minimum atomic E-state index is -0.289. The van der Waals surface area contributed by atoms with Crippen LogP contribution in [0.4, 0.5) is 0 Å². The molecule has 1 saturated carbocycles. The molecule has 4 heteroatoms. The molecule has 0 unspecified atom stereocenters. The molecule has 1 atom stereocenters. The predicted octanol–water partition coefficient (Wildman–Crippen LogP) is 3.25. The standard InChI is InChI=1S/C16H27N3O/c1-5-20-16(8-6-11(2)7-9-16)15-18-10-14(12(3)17)13(4)19-15/h10-12H,5-9,17H2,1-4H3/t11?,12-,16?/m0/s1. The highest BCUT2D eigenvalue weighted by Gasteiger charge is 2.39. The van der Waals surface area contributed by atoms with Gasteiger partial charge in [0.2, 0.25) is 0 Å². The third-order valence-electron chi connectivity index (χ3n) is 4.42. The fraction of sp³-hybridized carbons (Fsp3) is 0.750. The van der Waals surface area contributed by atoms with Crippen LogP contribution in [0.1, 0.15) is 69.6 Å². The highest BCUT2D eigenvalue weighted by atomic mass is 16.5. The van der Waals surface area contributed by atoms with Crippen LogP contribution in [-0.2, 0) is 10.3 Å². The van der Waals surface area contributed by atoms with E-state index in [1.54, 1.807) is 0 Å². The smallest absolute Gasteiger partial charge is 0.160 e. The largest absolute Gasteiger partial charge is 0.367 e. The van der Waals surface area contributed by atoms with Crippen LogP contribution in [0.2, 0.25) is 0 Å². The van der Waals surface area contributed by atoms with Crippen LogP contribution in [0.25, 0.3) is 0 Å². The summed E-state index contributed by atoms with van der Waals surface area (Å²) < 4.78 is 6.10. The molecule has 1 aromatic heterocycles. The van der Waals surface area contributed by atoms with E-state index in [0.717, 1.165) is 35.8 Å². The minimum Gasteiger partial charge on any atom is -0.367 e. The average molecular weight is 277 g/mol. The van der Waals surface area contributed by atoms with E-state index in [0.29, 0.717) is 6.61 Å². The van der Waals surface area contributed by atoms with Gasteiger partial charge in [-0.15, -0.1) is 0 Å². The monoisotopic (exact) mass is 277 g/mol. The van der Waals surface area contributed by atoms with Gasteiger partial charge in [-0.25, -0.2) is 9.97 Å². The van der Waals surface area contributed by atoms with Gasteiger partial charge in [-0.2, -0.15) is 0 Å². The summed E-state index contributed by atoms with van der Waals surface area (Å²) in [5.41, 5.74) is 7.65. The first kappa shape index (κ1) is 15.4. The molecule has 1 aliphatic carbocycles. The van der Waals surface area contributed by atoms with Crippen molar-refractivity contribution in [1.29, 1.82) is 0 Å². The fourth-order valence-corrected chi connectivity index (χ4v) is 3.08. The van der Waals surface area contributed by atoms with Crippen molar-refractivity contribution in [3.8, 4) is 0 Å². The maximum Gasteiger partial charge on any atom is 0.160 e. The van der Waals surface area contributed by atoms with Gasteiger partial charge in [0.05, 0.1) is 0 Å². The lowest BCUT2D eigenvalue weighted by molar-refractivity contribution is -0.0838. The first-order chi connectivity index (χ1) is 9.48. The van der Waals surface area contributed by atoms with Gasteiger partial charge in [0.1, 0.15) is 5.60 Å². The zero-order valence-corrected chi connectivity index (χ0v) is 13.1. The van der Waals surface area contributed by atoms with Crippen LogP contribution in [-0.4, -0.2) is 16.6 Å². The molecule has 0 amide bonds. The highest BCUT2D eigenvalue weighted by Crippen LogP contribution is 2.41. The summed E-state index contributed by atoms with van der Waals surface area (Å²) in [5.74, 6) is 1.61. The molecule has 1 aromatic rings. The number of aromatic nitrogens is 2. The third-order valence-corrected chi connectivity index (χ3v) is 4.42. The zero-order valence-electron chi connectivity index (χ0n) is 13.1. The van der Waals surface area contributed by atoms with Gasteiger partial charge in [-0.3, -0.25) is 0 Å². The second kappa shape index (κ2) is 6.19. The highest BCUT2D eigenvalue weighted by molar-refractivity contribution is 5.21. The van der Waals surface area contributed by atoms with Crippen molar-refractivity contribution in [1.82, 2.24) is 9.97 Å². The Labute approximate surface area is 122 Å². The van der Waals surface area contributed by atoms with Gasteiger partial charge in [-0.1, -0.05) is 6.92 Å². The Morgan fingerprint density at radius 3 is 2.60 bits per heavy atom. The van der Waals surface area contributed by atoms with E-state index in [1.165, 1.54) is 12.8 Å². The summed E-state index contributed by atoms with van der Waals surface area (Å²) >= 11 is 0. The molecule has 0 aromatic carbocycles. The Hall–Kier alpha value is -1.00. The lowest BCUT2D eigenvalue weighted by atomic mass is 9.78. The fourth-order valence-electron chi connectivity index (χ4n) is 3.08. The lowest BCUT2D eigenvalue weighted by Gasteiger charge is -2.38. The molecule has 2 rings (SSSR count). The lowest BCUT2D eigenvalue weighted by Crippen LogP contribution is -2.36. The molecule has 1 fully saturated rings. The number of hydrogen-bond donors (Lipinski definition) is 1. The molecule has 20 heavy (non-hydrogen) atoms. The van der Waals surface area contributed by atoms with Crippen molar-refractivity contribution in [2.24, 2.45) is 11.7 Å². The molecule has 0 aliphatic heterocycles. The van der Waals surface area contributed by atoms with Gasteiger partial charge in [0, 0.05) is 30.1 Å². The van der Waals surface area contributed by atoms with Crippen molar-refractivity contribution in [2.75, 3.05) is 6.61 Å². The van der Waals surface area contributed by atoms with Crippen LogP contribution in [0.5, 0.6) is 0 Å². The van der Waals surface area contributed by atoms with Gasteiger partial charge >= 0.3 is 0 Å². The quantitative estimate of drug-likeness (QED) is 0.917. The predicted molar refractivity (Wildman–Crippen MR) is 80.3 cm³/mol. The molecule has 0 saturated heterocycles. The summed E-state index contributed by atoms with van der Waals surface area (Å²) in [6.45, 7) is 9.02. The number of nitrogens with zero attached hydrogens (tertiary/aromatic N) is 2. The minimum absolute atomic E-state index is 0.0292. The summed E-state index contributed by atoms with van der Waals surface area (Å²) in [7, 11) is 0. The topological polar surface area (TPSA) is 61.0 Å². The second-order valence-electron chi connectivity index (χ2n) is 6.13. The summed E-state index contributed by atoms with van der Waals surface area (Å²) in [6, 6.07) is -0.0292. The van der Waals surface area contributed by atoms with E-state index < -0.39 is 0 Å². The van der Waals surface area contributed by atoms with Crippen LogP contribution in [0.15, 0.2) is 6.20 Å². The number of hydrogen-bond acceptors (Lipinski definition) is 4. The van der Waals surface area contributed by atoms with Crippen molar-refractivity contribution in [2.45, 2.75) is 65.0 Å². The molecule has 1 heterocycles. The molecule has 1 aliphatic rings. The Kier molecular flexibility index (Phi) is 4.76. The second-order valence-corrected chi connectivity index (χ2v) is 6.13. The number of aryl methyl sites for hydroxylation is 1. The van der Waals surface area contributed by atoms with Crippen LogP contribution in [0.3, 0.4) is 0 Å². The van der Waals surface area contributed by atoms with E-state index in [9.17, 15) is 0 Å². The molecular formula is C16H27N3O. The van der Waals surface area contributed by atoms with Crippen molar-refractivity contribution in [3.63, 3.8) is 0 Å². The number of ether oxygens (including phenoxy) is 1. The van der Waals surface area contributed by atoms with E-state index in [2.05, 4.69) is 11.9 Å². The first-order valence-corrected chi connectivity index (χ1v) is 7.72. The van der Waals surface area contributed by atoms with Crippen LogP contribution < -0.4 is 5.73 Å². The molecule has 0 bridgehead atoms. The number of nitrogens with two attached hydrogens (primary N) is 1. The van der Waals surface area contributed by atoms with Crippen molar-refractivity contribution < 1.29 is 4.74 Å².